The summed E-state index contributed by atoms with van der Waals surface area (Å²) in [5.74, 6) is 0.403. The third-order valence-corrected chi connectivity index (χ3v) is 7.07. The van der Waals surface area contributed by atoms with Gasteiger partial charge in [-0.1, -0.05) is 117 Å². The van der Waals surface area contributed by atoms with Crippen LogP contribution in [0.4, 0.5) is 5.95 Å². The molecule has 2 aromatic heterocycles. The normalized spacial score (nSPS) is 11.6. The third-order valence-electron chi connectivity index (χ3n) is 7.07. The number of hydrogen-bond donors (Lipinski definition) is 4. The van der Waals surface area contributed by atoms with Crippen LogP contribution in [0.2, 0.25) is 0 Å². The summed E-state index contributed by atoms with van der Waals surface area (Å²) >= 11 is 0. The Hall–Kier alpha value is -4.16. The van der Waals surface area contributed by atoms with Crippen molar-refractivity contribution < 1.29 is 0 Å². The molecular weight excluding hydrogens is 470 g/mol. The first-order valence-corrected chi connectivity index (χ1v) is 13.5. The summed E-state index contributed by atoms with van der Waals surface area (Å²) < 4.78 is 0. The summed E-state index contributed by atoms with van der Waals surface area (Å²) in [6, 6.07) is 30.8. The van der Waals surface area contributed by atoms with Gasteiger partial charge < -0.3 is 15.6 Å². The Balaban J connectivity index is 1.53. The highest BCUT2D eigenvalue weighted by Gasteiger charge is 2.37. The zero-order chi connectivity index (χ0) is 26.2. The second-order valence-corrected chi connectivity index (χ2v) is 9.66. The second kappa shape index (κ2) is 11.9. The van der Waals surface area contributed by atoms with Crippen molar-refractivity contribution in [1.29, 1.82) is 0 Å². The van der Waals surface area contributed by atoms with Crippen LogP contribution >= 0.6 is 0 Å². The van der Waals surface area contributed by atoms with Crippen LogP contribution in [0.25, 0.3) is 11.0 Å². The van der Waals surface area contributed by atoms with Crippen LogP contribution in [-0.4, -0.2) is 21.5 Å². The molecule has 5 aromatic rings. The Morgan fingerprint density at radius 1 is 0.789 bits per heavy atom. The number of hydrogen-bond acceptors (Lipinski definition) is 4. The molecule has 2 heterocycles. The Morgan fingerprint density at radius 3 is 1.92 bits per heavy atom. The molecule has 0 aliphatic heterocycles. The lowest BCUT2D eigenvalue weighted by Gasteiger charge is -2.37. The number of rotatable bonds is 12. The molecule has 0 spiro atoms. The smallest absolute Gasteiger partial charge is 0.262 e. The maximum absolute atomic E-state index is 13.4. The van der Waals surface area contributed by atoms with E-state index in [9.17, 15) is 4.79 Å². The van der Waals surface area contributed by atoms with Gasteiger partial charge in [0.15, 0.2) is 0 Å². The SMILES string of the molecule is CCCCCCNCc1c[nH]c2nc(NC(c3ccccc3)(c3ccccc3)c3ccccc3)[nH]c(=O)c12. The minimum Gasteiger partial charge on any atom is -0.346 e. The zero-order valence-electron chi connectivity index (χ0n) is 21.8. The number of fused-ring (bicyclic) bond motifs is 1. The lowest BCUT2D eigenvalue weighted by Crippen LogP contribution is -2.39. The molecule has 3 aromatic carbocycles. The fourth-order valence-electron chi connectivity index (χ4n) is 5.16. The van der Waals surface area contributed by atoms with Gasteiger partial charge in [0.25, 0.3) is 5.56 Å². The van der Waals surface area contributed by atoms with Crippen LogP contribution in [0.1, 0.15) is 54.9 Å². The molecule has 0 fully saturated rings. The number of nitrogens with zero attached hydrogens (tertiary/aromatic N) is 1. The van der Waals surface area contributed by atoms with Crippen molar-refractivity contribution in [1.82, 2.24) is 20.3 Å². The van der Waals surface area contributed by atoms with Gasteiger partial charge in [-0.05, 0) is 35.2 Å². The van der Waals surface area contributed by atoms with E-state index in [1.54, 1.807) is 0 Å². The highest BCUT2D eigenvalue weighted by atomic mass is 16.1. The molecule has 6 heteroatoms. The molecule has 0 atom stereocenters. The average Bonchev–Trinajstić information content (AvgIpc) is 3.38. The van der Waals surface area contributed by atoms with Gasteiger partial charge in [-0.3, -0.25) is 9.78 Å². The quantitative estimate of drug-likeness (QED) is 0.118. The van der Waals surface area contributed by atoms with Crippen LogP contribution in [0, 0.1) is 0 Å². The molecule has 0 bridgehead atoms. The molecule has 38 heavy (non-hydrogen) atoms. The number of benzene rings is 3. The topological polar surface area (TPSA) is 85.6 Å². The van der Waals surface area contributed by atoms with E-state index in [0.29, 0.717) is 23.5 Å². The van der Waals surface area contributed by atoms with E-state index in [2.05, 4.69) is 63.9 Å². The van der Waals surface area contributed by atoms with Crippen molar-refractivity contribution in [2.75, 3.05) is 11.9 Å². The number of aromatic amines is 2. The Kier molecular flexibility index (Phi) is 8.00. The van der Waals surface area contributed by atoms with Crippen molar-refractivity contribution in [2.45, 2.75) is 44.7 Å². The molecule has 0 aliphatic carbocycles. The van der Waals surface area contributed by atoms with Gasteiger partial charge >= 0.3 is 0 Å². The number of H-pyrrole nitrogens is 2. The van der Waals surface area contributed by atoms with Gasteiger partial charge in [0.2, 0.25) is 5.95 Å². The Labute approximate surface area is 223 Å². The highest BCUT2D eigenvalue weighted by molar-refractivity contribution is 5.79. The van der Waals surface area contributed by atoms with Gasteiger partial charge in [-0.15, -0.1) is 0 Å². The first-order chi connectivity index (χ1) is 18.7. The minimum atomic E-state index is -0.775. The summed E-state index contributed by atoms with van der Waals surface area (Å²) in [7, 11) is 0. The van der Waals surface area contributed by atoms with Crippen molar-refractivity contribution in [3.8, 4) is 0 Å². The summed E-state index contributed by atoms with van der Waals surface area (Å²) in [6.07, 6.45) is 6.72. The first kappa shape index (κ1) is 25.5. The summed E-state index contributed by atoms with van der Waals surface area (Å²) in [6.45, 7) is 3.78. The fourth-order valence-corrected chi connectivity index (χ4v) is 5.16. The number of nitrogens with one attached hydrogen (secondary N) is 4. The van der Waals surface area contributed by atoms with Crippen LogP contribution in [0.3, 0.4) is 0 Å². The maximum Gasteiger partial charge on any atom is 0.262 e. The fraction of sp³-hybridized carbons (Fsp3) is 0.250. The molecule has 4 N–H and O–H groups in total. The van der Waals surface area contributed by atoms with Gasteiger partial charge in [0, 0.05) is 12.7 Å². The Morgan fingerprint density at radius 2 is 1.37 bits per heavy atom. The first-order valence-electron chi connectivity index (χ1n) is 13.5. The highest BCUT2D eigenvalue weighted by Crippen LogP contribution is 2.39. The molecule has 5 rings (SSSR count). The summed E-state index contributed by atoms with van der Waals surface area (Å²) in [4.78, 5) is 24.5. The van der Waals surface area contributed by atoms with Crippen molar-refractivity contribution in [3.05, 3.63) is 130 Å². The number of anilines is 1. The second-order valence-electron chi connectivity index (χ2n) is 9.66. The van der Waals surface area contributed by atoms with Crippen molar-refractivity contribution in [2.24, 2.45) is 0 Å². The monoisotopic (exact) mass is 505 g/mol. The van der Waals surface area contributed by atoms with Crippen LogP contribution in [0.5, 0.6) is 0 Å². The van der Waals surface area contributed by atoms with Gasteiger partial charge in [-0.2, -0.15) is 4.98 Å². The maximum atomic E-state index is 13.4. The van der Waals surface area contributed by atoms with E-state index in [4.69, 9.17) is 4.98 Å². The lowest BCUT2D eigenvalue weighted by molar-refractivity contribution is 0.599. The van der Waals surface area contributed by atoms with E-state index in [1.165, 1.54) is 19.3 Å². The van der Waals surface area contributed by atoms with Crippen molar-refractivity contribution >= 4 is 17.0 Å². The number of aromatic nitrogens is 3. The van der Waals surface area contributed by atoms with Crippen molar-refractivity contribution in [3.63, 3.8) is 0 Å². The molecule has 0 saturated heterocycles. The largest absolute Gasteiger partial charge is 0.346 e. The Bertz CT molecular complexity index is 1400. The van der Waals surface area contributed by atoms with Crippen LogP contribution in [0.15, 0.2) is 102 Å². The van der Waals surface area contributed by atoms with Gasteiger partial charge in [0.05, 0.1) is 5.39 Å². The molecular formula is C32H35N5O. The lowest BCUT2D eigenvalue weighted by atomic mass is 9.77. The van der Waals surface area contributed by atoms with E-state index in [1.807, 2.05) is 60.8 Å². The third kappa shape index (κ3) is 5.27. The van der Waals surface area contributed by atoms with E-state index in [0.717, 1.165) is 35.2 Å². The molecule has 0 amide bonds. The molecule has 0 aliphatic rings. The molecule has 0 radical (unpaired) electrons. The molecule has 0 unspecified atom stereocenters. The molecule has 194 valence electrons. The van der Waals surface area contributed by atoms with Crippen LogP contribution in [-0.2, 0) is 12.1 Å². The van der Waals surface area contributed by atoms with E-state index >= 15 is 0 Å². The molecule has 0 saturated carbocycles. The van der Waals surface area contributed by atoms with E-state index < -0.39 is 5.54 Å². The predicted octanol–water partition coefficient (Wildman–Crippen LogP) is 6.33. The predicted molar refractivity (Wildman–Crippen MR) is 155 cm³/mol. The van der Waals surface area contributed by atoms with E-state index in [-0.39, 0.29) is 5.56 Å². The zero-order valence-corrected chi connectivity index (χ0v) is 21.8. The standard InChI is InChI=1S/C32H35N5O/c1-2-3-4-14-21-33-22-24-23-34-29-28(24)30(38)36-31(35-29)37-32(25-15-8-5-9-16-25,26-17-10-6-11-18-26)27-19-12-7-13-20-27/h5-13,15-20,23,33H,2-4,14,21-22H2,1H3,(H3,34,35,36,37,38). The molecule has 6 nitrogen and oxygen atoms in total. The minimum absolute atomic E-state index is 0.162. The summed E-state index contributed by atoms with van der Waals surface area (Å²) in [5, 5.41) is 7.72. The van der Waals surface area contributed by atoms with Gasteiger partial charge in [0.1, 0.15) is 11.2 Å². The van der Waals surface area contributed by atoms with Gasteiger partial charge in [-0.25, -0.2) is 0 Å². The number of unbranched alkanes of at least 4 members (excludes halogenated alkanes) is 3. The average molecular weight is 506 g/mol. The summed E-state index contributed by atoms with van der Waals surface area (Å²) in [5.41, 5.74) is 3.69. The van der Waals surface area contributed by atoms with Crippen LogP contribution < -0.4 is 16.2 Å².